The number of nitrogen functional groups attached to an aromatic ring is 1. The molecule has 0 saturated carbocycles. The highest BCUT2D eigenvalue weighted by atomic mass is 16.5. The van der Waals surface area contributed by atoms with E-state index in [0.717, 1.165) is 36.7 Å². The van der Waals surface area contributed by atoms with E-state index < -0.39 is 0 Å². The van der Waals surface area contributed by atoms with Crippen molar-refractivity contribution in [2.75, 3.05) is 30.8 Å². The number of fused-ring (bicyclic) bond motifs is 1. The SMILES string of the molecule is Nc1ccc2c(c1)OCC(=NCC1CCCO1)N2. The molecule has 1 unspecified atom stereocenters. The van der Waals surface area contributed by atoms with E-state index in [4.69, 9.17) is 15.2 Å². The Morgan fingerprint density at radius 2 is 2.39 bits per heavy atom. The van der Waals surface area contributed by atoms with Crippen LogP contribution in [-0.4, -0.2) is 31.7 Å². The molecule has 3 rings (SSSR count). The minimum absolute atomic E-state index is 0.270. The molecule has 2 aliphatic heterocycles. The van der Waals surface area contributed by atoms with E-state index in [0.29, 0.717) is 18.8 Å². The Morgan fingerprint density at radius 3 is 3.22 bits per heavy atom. The molecule has 5 heteroatoms. The predicted molar refractivity (Wildman–Crippen MR) is 71.2 cm³/mol. The summed E-state index contributed by atoms with van der Waals surface area (Å²) < 4.78 is 11.2. The zero-order valence-corrected chi connectivity index (χ0v) is 10.2. The first kappa shape index (κ1) is 11.3. The standard InChI is InChI=1S/C13H17N3O2/c14-9-3-4-11-12(6-9)18-8-13(16-11)15-7-10-2-1-5-17-10/h3-4,6,10H,1-2,5,7-8,14H2,(H,15,16). The number of benzene rings is 1. The van der Waals surface area contributed by atoms with Gasteiger partial charge in [-0.3, -0.25) is 4.99 Å². The van der Waals surface area contributed by atoms with Crippen LogP contribution >= 0.6 is 0 Å². The fraction of sp³-hybridized carbons (Fsp3) is 0.462. The third kappa shape index (κ3) is 2.41. The highest BCUT2D eigenvalue weighted by Crippen LogP contribution is 2.29. The van der Waals surface area contributed by atoms with Crippen molar-refractivity contribution < 1.29 is 9.47 Å². The van der Waals surface area contributed by atoms with Crippen LogP contribution in [0, 0.1) is 0 Å². The number of amidine groups is 1. The summed E-state index contributed by atoms with van der Waals surface area (Å²) >= 11 is 0. The van der Waals surface area contributed by atoms with Crippen LogP contribution in [-0.2, 0) is 4.74 Å². The normalized spacial score (nSPS) is 24.4. The molecule has 0 aliphatic carbocycles. The Labute approximate surface area is 106 Å². The molecule has 0 bridgehead atoms. The van der Waals surface area contributed by atoms with Gasteiger partial charge in [-0.05, 0) is 25.0 Å². The van der Waals surface area contributed by atoms with Gasteiger partial charge in [-0.15, -0.1) is 0 Å². The lowest BCUT2D eigenvalue weighted by Crippen LogP contribution is -2.27. The monoisotopic (exact) mass is 247 g/mol. The van der Waals surface area contributed by atoms with Crippen LogP contribution in [0.15, 0.2) is 23.2 Å². The summed E-state index contributed by atoms with van der Waals surface area (Å²) in [5.74, 6) is 1.63. The molecule has 2 heterocycles. The Morgan fingerprint density at radius 1 is 1.44 bits per heavy atom. The molecular formula is C13H17N3O2. The summed E-state index contributed by atoms with van der Waals surface area (Å²) in [7, 11) is 0. The summed E-state index contributed by atoms with van der Waals surface area (Å²) in [5, 5.41) is 3.26. The Balaban J connectivity index is 1.66. The number of aliphatic imine (C=N–C) groups is 1. The molecule has 0 amide bonds. The van der Waals surface area contributed by atoms with Gasteiger partial charge in [0.25, 0.3) is 0 Å². The summed E-state index contributed by atoms with van der Waals surface area (Å²) in [6.07, 6.45) is 2.51. The average Bonchev–Trinajstić information content (AvgIpc) is 2.89. The van der Waals surface area contributed by atoms with Gasteiger partial charge in [0.05, 0.1) is 18.3 Å². The molecule has 1 aromatic carbocycles. The summed E-state index contributed by atoms with van der Waals surface area (Å²) in [4.78, 5) is 4.51. The van der Waals surface area contributed by atoms with E-state index in [9.17, 15) is 0 Å². The number of nitrogens with one attached hydrogen (secondary N) is 1. The number of hydrogen-bond acceptors (Lipinski definition) is 4. The minimum atomic E-state index is 0.270. The smallest absolute Gasteiger partial charge is 0.146 e. The summed E-state index contributed by atoms with van der Waals surface area (Å²) in [5.41, 5.74) is 7.33. The molecule has 1 fully saturated rings. The molecule has 3 N–H and O–H groups in total. The quantitative estimate of drug-likeness (QED) is 0.780. The number of ether oxygens (including phenoxy) is 2. The third-order valence-electron chi connectivity index (χ3n) is 3.16. The van der Waals surface area contributed by atoms with Gasteiger partial charge in [0.15, 0.2) is 0 Å². The fourth-order valence-electron chi connectivity index (χ4n) is 2.18. The van der Waals surface area contributed by atoms with Crippen LogP contribution in [0.1, 0.15) is 12.8 Å². The van der Waals surface area contributed by atoms with E-state index in [1.807, 2.05) is 18.2 Å². The second-order valence-corrected chi connectivity index (χ2v) is 4.59. The van der Waals surface area contributed by atoms with Crippen molar-refractivity contribution in [3.05, 3.63) is 18.2 Å². The number of anilines is 2. The lowest BCUT2D eigenvalue weighted by molar-refractivity contribution is 0.117. The van der Waals surface area contributed by atoms with E-state index in [-0.39, 0.29) is 6.10 Å². The van der Waals surface area contributed by atoms with Crippen molar-refractivity contribution in [1.29, 1.82) is 0 Å². The minimum Gasteiger partial charge on any atom is -0.483 e. The van der Waals surface area contributed by atoms with Crippen LogP contribution in [0.4, 0.5) is 11.4 Å². The predicted octanol–water partition coefficient (Wildman–Crippen LogP) is 1.65. The van der Waals surface area contributed by atoms with Crippen molar-refractivity contribution in [1.82, 2.24) is 0 Å². The van der Waals surface area contributed by atoms with Crippen LogP contribution in [0.25, 0.3) is 0 Å². The maximum Gasteiger partial charge on any atom is 0.146 e. The molecular weight excluding hydrogens is 230 g/mol. The molecule has 2 aliphatic rings. The first-order valence-corrected chi connectivity index (χ1v) is 6.25. The summed E-state index contributed by atoms with van der Waals surface area (Å²) in [6, 6.07) is 5.57. The zero-order valence-electron chi connectivity index (χ0n) is 10.2. The zero-order chi connectivity index (χ0) is 12.4. The van der Waals surface area contributed by atoms with E-state index in [1.54, 1.807) is 0 Å². The van der Waals surface area contributed by atoms with Crippen LogP contribution in [0.5, 0.6) is 5.75 Å². The number of nitrogens with two attached hydrogens (primary N) is 1. The number of hydrogen-bond donors (Lipinski definition) is 2. The van der Waals surface area contributed by atoms with Crippen molar-refractivity contribution in [2.45, 2.75) is 18.9 Å². The van der Waals surface area contributed by atoms with Gasteiger partial charge in [0.2, 0.25) is 0 Å². The van der Waals surface area contributed by atoms with Crippen molar-refractivity contribution in [3.63, 3.8) is 0 Å². The molecule has 5 nitrogen and oxygen atoms in total. The second-order valence-electron chi connectivity index (χ2n) is 4.59. The maximum absolute atomic E-state index is 5.70. The molecule has 0 spiro atoms. The van der Waals surface area contributed by atoms with Crippen LogP contribution in [0.3, 0.4) is 0 Å². The lowest BCUT2D eigenvalue weighted by atomic mass is 10.2. The fourth-order valence-corrected chi connectivity index (χ4v) is 2.18. The first-order valence-electron chi connectivity index (χ1n) is 6.25. The van der Waals surface area contributed by atoms with E-state index in [2.05, 4.69) is 10.3 Å². The van der Waals surface area contributed by atoms with Gasteiger partial charge in [0.1, 0.15) is 18.2 Å². The Hall–Kier alpha value is -1.75. The second kappa shape index (κ2) is 4.86. The molecule has 1 atom stereocenters. The average molecular weight is 247 g/mol. The molecule has 0 radical (unpaired) electrons. The van der Waals surface area contributed by atoms with Gasteiger partial charge in [-0.25, -0.2) is 0 Å². The molecule has 96 valence electrons. The van der Waals surface area contributed by atoms with Crippen molar-refractivity contribution >= 4 is 17.2 Å². The van der Waals surface area contributed by atoms with Crippen molar-refractivity contribution in [3.8, 4) is 5.75 Å². The maximum atomic E-state index is 5.70. The Bertz CT molecular complexity index is 467. The van der Waals surface area contributed by atoms with Gasteiger partial charge in [0, 0.05) is 18.4 Å². The van der Waals surface area contributed by atoms with Gasteiger partial charge in [-0.1, -0.05) is 0 Å². The molecule has 0 aromatic heterocycles. The molecule has 18 heavy (non-hydrogen) atoms. The molecule has 1 aromatic rings. The van der Waals surface area contributed by atoms with E-state index >= 15 is 0 Å². The topological polar surface area (TPSA) is 68.9 Å². The summed E-state index contributed by atoms with van der Waals surface area (Å²) in [6.45, 7) is 2.03. The van der Waals surface area contributed by atoms with Crippen molar-refractivity contribution in [2.24, 2.45) is 4.99 Å². The largest absolute Gasteiger partial charge is 0.483 e. The third-order valence-corrected chi connectivity index (χ3v) is 3.16. The van der Waals surface area contributed by atoms with Crippen LogP contribution < -0.4 is 15.8 Å². The highest BCUT2D eigenvalue weighted by molar-refractivity contribution is 5.99. The number of rotatable bonds is 2. The van der Waals surface area contributed by atoms with Gasteiger partial charge in [-0.2, -0.15) is 0 Å². The highest BCUT2D eigenvalue weighted by Gasteiger charge is 2.17. The van der Waals surface area contributed by atoms with Gasteiger partial charge >= 0.3 is 0 Å². The lowest BCUT2D eigenvalue weighted by Gasteiger charge is -2.21. The van der Waals surface area contributed by atoms with Crippen LogP contribution in [0.2, 0.25) is 0 Å². The molecule has 1 saturated heterocycles. The Kier molecular flexibility index (Phi) is 3.06. The first-order chi connectivity index (χ1) is 8.81. The number of nitrogens with zero attached hydrogens (tertiary/aromatic N) is 1. The van der Waals surface area contributed by atoms with E-state index in [1.165, 1.54) is 0 Å². The van der Waals surface area contributed by atoms with Gasteiger partial charge < -0.3 is 20.5 Å².